The Morgan fingerprint density at radius 3 is 2.83 bits per heavy atom. The molecule has 1 aliphatic carbocycles. The molecule has 5 heteroatoms. The van der Waals surface area contributed by atoms with E-state index in [2.05, 4.69) is 42.1 Å². The van der Waals surface area contributed by atoms with Crippen molar-refractivity contribution in [2.75, 3.05) is 5.32 Å². The van der Waals surface area contributed by atoms with E-state index in [1.54, 1.807) is 11.3 Å². The molecule has 0 atom stereocenters. The fourth-order valence-electron chi connectivity index (χ4n) is 3.30. The standard InChI is InChI=1S/C18H19N3OS/c1-9-7-10(2)12-8-14(19-16(12)11(9)3)17(22)21-18-20-13-5-4-6-15(13)23-18/h7-8,19H,4-6H2,1-3H3,(H,20,21,22). The third-order valence-corrected chi connectivity index (χ3v) is 5.78. The fourth-order valence-corrected chi connectivity index (χ4v) is 4.34. The van der Waals surface area contributed by atoms with E-state index in [9.17, 15) is 4.79 Å². The number of fused-ring (bicyclic) bond motifs is 2. The molecule has 0 bridgehead atoms. The summed E-state index contributed by atoms with van der Waals surface area (Å²) in [6, 6.07) is 4.10. The smallest absolute Gasteiger partial charge is 0.273 e. The van der Waals surface area contributed by atoms with Crippen LogP contribution in [0.3, 0.4) is 0 Å². The lowest BCUT2D eigenvalue weighted by Gasteiger charge is -2.04. The summed E-state index contributed by atoms with van der Waals surface area (Å²) >= 11 is 1.60. The lowest BCUT2D eigenvalue weighted by molar-refractivity contribution is 0.102. The van der Waals surface area contributed by atoms with Crippen LogP contribution in [0.1, 0.15) is 44.2 Å². The molecule has 4 rings (SSSR count). The maximum Gasteiger partial charge on any atom is 0.273 e. The van der Waals surface area contributed by atoms with E-state index in [0.717, 1.165) is 29.4 Å². The van der Waals surface area contributed by atoms with Gasteiger partial charge in [-0.25, -0.2) is 4.98 Å². The van der Waals surface area contributed by atoms with Gasteiger partial charge >= 0.3 is 0 Å². The number of anilines is 1. The summed E-state index contributed by atoms with van der Waals surface area (Å²) in [5, 5.41) is 4.76. The molecule has 1 aliphatic rings. The van der Waals surface area contributed by atoms with Crippen molar-refractivity contribution in [3.63, 3.8) is 0 Å². The number of aryl methyl sites for hydroxylation is 5. The average molecular weight is 325 g/mol. The lowest BCUT2D eigenvalue weighted by atomic mass is 10.0. The molecule has 0 aliphatic heterocycles. The molecule has 0 saturated carbocycles. The van der Waals surface area contributed by atoms with Crippen molar-refractivity contribution < 1.29 is 4.79 Å². The number of nitrogens with zero attached hydrogens (tertiary/aromatic N) is 1. The quantitative estimate of drug-likeness (QED) is 0.738. The van der Waals surface area contributed by atoms with Crippen molar-refractivity contribution in [2.45, 2.75) is 40.0 Å². The first-order valence-corrected chi connectivity index (χ1v) is 8.74. The van der Waals surface area contributed by atoms with Crippen molar-refractivity contribution in [2.24, 2.45) is 0 Å². The number of hydrogen-bond acceptors (Lipinski definition) is 3. The second-order valence-electron chi connectivity index (χ2n) is 6.30. The predicted octanol–water partition coefficient (Wildman–Crippen LogP) is 4.29. The first-order valence-electron chi connectivity index (χ1n) is 7.92. The van der Waals surface area contributed by atoms with Gasteiger partial charge in [-0.05, 0) is 62.8 Å². The molecule has 3 aromatic rings. The molecule has 2 aromatic heterocycles. The number of benzene rings is 1. The van der Waals surface area contributed by atoms with Crippen molar-refractivity contribution in [1.82, 2.24) is 9.97 Å². The third kappa shape index (κ3) is 2.36. The van der Waals surface area contributed by atoms with E-state index >= 15 is 0 Å². The summed E-state index contributed by atoms with van der Waals surface area (Å²) < 4.78 is 0. The number of H-pyrrole nitrogens is 1. The number of thiazole rings is 1. The van der Waals surface area contributed by atoms with Gasteiger partial charge < -0.3 is 4.98 Å². The Hall–Kier alpha value is -2.14. The largest absolute Gasteiger partial charge is 0.350 e. The van der Waals surface area contributed by atoms with Gasteiger partial charge in [0.2, 0.25) is 0 Å². The van der Waals surface area contributed by atoms with Crippen molar-refractivity contribution in [1.29, 1.82) is 0 Å². The fraction of sp³-hybridized carbons (Fsp3) is 0.333. The van der Waals surface area contributed by atoms with Gasteiger partial charge in [-0.1, -0.05) is 6.07 Å². The van der Waals surface area contributed by atoms with Crippen LogP contribution in [0.5, 0.6) is 0 Å². The Morgan fingerprint density at radius 1 is 1.22 bits per heavy atom. The molecule has 2 N–H and O–H groups in total. The summed E-state index contributed by atoms with van der Waals surface area (Å²) in [7, 11) is 0. The van der Waals surface area contributed by atoms with Gasteiger partial charge in [0.05, 0.1) is 5.69 Å². The number of rotatable bonds is 2. The molecule has 1 amide bonds. The van der Waals surface area contributed by atoms with Crippen LogP contribution in [-0.2, 0) is 12.8 Å². The predicted molar refractivity (Wildman–Crippen MR) is 94.6 cm³/mol. The molecule has 0 unspecified atom stereocenters. The molecule has 2 heterocycles. The second kappa shape index (κ2) is 5.20. The van der Waals surface area contributed by atoms with Crippen LogP contribution in [0.25, 0.3) is 10.9 Å². The number of amides is 1. The van der Waals surface area contributed by atoms with Gasteiger partial charge in [0.25, 0.3) is 5.91 Å². The molecule has 4 nitrogen and oxygen atoms in total. The van der Waals surface area contributed by atoms with Gasteiger partial charge in [-0.15, -0.1) is 11.3 Å². The molecule has 0 spiro atoms. The number of carbonyl (C=O) groups excluding carboxylic acids is 1. The van der Waals surface area contributed by atoms with Crippen molar-refractivity contribution in [3.05, 3.63) is 45.1 Å². The Bertz CT molecular complexity index is 914. The van der Waals surface area contributed by atoms with E-state index in [-0.39, 0.29) is 5.91 Å². The van der Waals surface area contributed by atoms with Gasteiger partial charge in [0.1, 0.15) is 5.69 Å². The monoisotopic (exact) mass is 325 g/mol. The zero-order valence-corrected chi connectivity index (χ0v) is 14.4. The number of aromatic nitrogens is 2. The van der Waals surface area contributed by atoms with Crippen LogP contribution < -0.4 is 5.32 Å². The highest BCUT2D eigenvalue weighted by molar-refractivity contribution is 7.16. The molecule has 0 fully saturated rings. The van der Waals surface area contributed by atoms with Crippen LogP contribution >= 0.6 is 11.3 Å². The summed E-state index contributed by atoms with van der Waals surface area (Å²) in [5.41, 5.74) is 6.41. The molecule has 23 heavy (non-hydrogen) atoms. The Kier molecular flexibility index (Phi) is 3.27. The second-order valence-corrected chi connectivity index (χ2v) is 7.39. The van der Waals surface area contributed by atoms with E-state index < -0.39 is 0 Å². The molecule has 0 radical (unpaired) electrons. The van der Waals surface area contributed by atoms with E-state index in [4.69, 9.17) is 0 Å². The first kappa shape index (κ1) is 14.5. The molecular formula is C18H19N3OS. The van der Waals surface area contributed by atoms with Gasteiger partial charge in [-0.2, -0.15) is 0 Å². The summed E-state index contributed by atoms with van der Waals surface area (Å²) in [6.07, 6.45) is 3.31. The van der Waals surface area contributed by atoms with Crippen molar-refractivity contribution in [3.8, 4) is 0 Å². The Balaban J connectivity index is 1.66. The van der Waals surface area contributed by atoms with Crippen LogP contribution in [0.2, 0.25) is 0 Å². The molecule has 1 aromatic carbocycles. The molecule has 0 saturated heterocycles. The zero-order valence-electron chi connectivity index (χ0n) is 13.5. The average Bonchev–Trinajstić information content (AvgIpc) is 3.18. The minimum Gasteiger partial charge on any atom is -0.350 e. The first-order chi connectivity index (χ1) is 11.0. The SMILES string of the molecule is Cc1cc(C)c2cc(C(=O)Nc3nc4c(s3)CCC4)[nH]c2c1C. The van der Waals surface area contributed by atoms with Gasteiger partial charge in [0.15, 0.2) is 5.13 Å². The van der Waals surface area contributed by atoms with E-state index in [0.29, 0.717) is 10.8 Å². The zero-order chi connectivity index (χ0) is 16.1. The van der Waals surface area contributed by atoms with Crippen molar-refractivity contribution >= 4 is 33.3 Å². The molecular weight excluding hydrogens is 306 g/mol. The Morgan fingerprint density at radius 2 is 2.04 bits per heavy atom. The summed E-state index contributed by atoms with van der Waals surface area (Å²) in [4.78, 5) is 21.7. The van der Waals surface area contributed by atoms with E-state index in [1.165, 1.54) is 28.0 Å². The maximum atomic E-state index is 12.5. The Labute approximate surface area is 138 Å². The number of nitrogens with one attached hydrogen (secondary N) is 2. The van der Waals surface area contributed by atoms with Gasteiger partial charge in [-0.3, -0.25) is 10.1 Å². The lowest BCUT2D eigenvalue weighted by Crippen LogP contribution is -2.12. The van der Waals surface area contributed by atoms with Gasteiger partial charge in [0, 0.05) is 15.8 Å². The highest BCUT2D eigenvalue weighted by atomic mass is 32.1. The van der Waals surface area contributed by atoms with Crippen LogP contribution in [0, 0.1) is 20.8 Å². The molecule has 118 valence electrons. The third-order valence-electron chi connectivity index (χ3n) is 4.70. The normalized spacial score (nSPS) is 13.5. The highest BCUT2D eigenvalue weighted by Crippen LogP contribution is 2.31. The minimum absolute atomic E-state index is 0.120. The van der Waals surface area contributed by atoms with Crippen LogP contribution in [0.4, 0.5) is 5.13 Å². The topological polar surface area (TPSA) is 57.8 Å². The maximum absolute atomic E-state index is 12.5. The summed E-state index contributed by atoms with van der Waals surface area (Å²) in [5.74, 6) is -0.120. The number of carbonyl (C=O) groups is 1. The summed E-state index contributed by atoms with van der Waals surface area (Å²) in [6.45, 7) is 6.26. The highest BCUT2D eigenvalue weighted by Gasteiger charge is 2.19. The number of hydrogen-bond donors (Lipinski definition) is 2. The van der Waals surface area contributed by atoms with E-state index in [1.807, 2.05) is 6.07 Å². The number of aromatic amines is 1. The minimum atomic E-state index is -0.120. The van der Waals surface area contributed by atoms with Crippen LogP contribution in [-0.4, -0.2) is 15.9 Å². The van der Waals surface area contributed by atoms with Crippen LogP contribution in [0.15, 0.2) is 12.1 Å².